The molecule has 126 valence electrons. The largest absolute Gasteiger partial charge is 0.497 e. The second kappa shape index (κ2) is 7.35. The third-order valence-corrected chi connectivity index (χ3v) is 5.43. The van der Waals surface area contributed by atoms with E-state index in [1.165, 1.54) is 25.7 Å². The first-order valence-corrected chi connectivity index (χ1v) is 8.80. The minimum Gasteiger partial charge on any atom is -0.497 e. The lowest BCUT2D eigenvalue weighted by Gasteiger charge is -2.36. The highest BCUT2D eigenvalue weighted by atomic mass is 16.5. The fourth-order valence-corrected chi connectivity index (χ4v) is 3.94. The lowest BCUT2D eigenvalue weighted by Crippen LogP contribution is -2.49. The van der Waals surface area contributed by atoms with Gasteiger partial charge < -0.3 is 14.5 Å². The topological polar surface area (TPSA) is 32.8 Å². The van der Waals surface area contributed by atoms with Crippen molar-refractivity contribution in [2.45, 2.75) is 31.6 Å². The van der Waals surface area contributed by atoms with Crippen molar-refractivity contribution >= 4 is 5.91 Å². The summed E-state index contributed by atoms with van der Waals surface area (Å²) >= 11 is 0. The monoisotopic (exact) mass is 316 g/mol. The number of piperazine rings is 1. The third kappa shape index (κ3) is 3.69. The Bertz CT molecular complexity index is 515. The number of carbonyl (C=O) groups excluding carboxylic acids is 1. The van der Waals surface area contributed by atoms with Crippen molar-refractivity contribution in [3.8, 4) is 5.75 Å². The van der Waals surface area contributed by atoms with E-state index in [1.807, 2.05) is 12.1 Å². The van der Waals surface area contributed by atoms with Crippen LogP contribution in [0.3, 0.4) is 0 Å². The fourth-order valence-electron chi connectivity index (χ4n) is 3.94. The summed E-state index contributed by atoms with van der Waals surface area (Å²) in [5.74, 6) is 1.70. The highest BCUT2D eigenvalue weighted by molar-refractivity contribution is 5.84. The van der Waals surface area contributed by atoms with E-state index in [1.54, 1.807) is 7.11 Å². The van der Waals surface area contributed by atoms with Gasteiger partial charge in [0.2, 0.25) is 5.91 Å². The molecular formula is C19H28N2O2. The quantitative estimate of drug-likeness (QED) is 0.856. The highest BCUT2D eigenvalue weighted by Crippen LogP contribution is 2.39. The van der Waals surface area contributed by atoms with Crippen LogP contribution < -0.4 is 4.74 Å². The van der Waals surface area contributed by atoms with Gasteiger partial charge in [0.15, 0.2) is 0 Å². The minimum atomic E-state index is 0.0202. The van der Waals surface area contributed by atoms with Crippen LogP contribution in [0, 0.1) is 5.92 Å². The van der Waals surface area contributed by atoms with Crippen molar-refractivity contribution in [3.63, 3.8) is 0 Å². The molecule has 1 aromatic carbocycles. The summed E-state index contributed by atoms with van der Waals surface area (Å²) in [4.78, 5) is 17.6. The molecule has 1 aromatic rings. The number of hydrogen-bond donors (Lipinski definition) is 0. The first-order valence-electron chi connectivity index (χ1n) is 8.80. The van der Waals surface area contributed by atoms with E-state index in [0.717, 1.165) is 37.5 Å². The van der Waals surface area contributed by atoms with Crippen LogP contribution in [0.25, 0.3) is 0 Å². The maximum Gasteiger partial charge on any atom is 0.230 e. The zero-order chi connectivity index (χ0) is 16.2. The summed E-state index contributed by atoms with van der Waals surface area (Å²) in [5, 5.41) is 0. The van der Waals surface area contributed by atoms with E-state index in [0.29, 0.717) is 11.8 Å². The molecule has 1 heterocycles. The summed E-state index contributed by atoms with van der Waals surface area (Å²) in [6.07, 6.45) is 4.87. The number of rotatable bonds is 4. The Morgan fingerprint density at radius 2 is 1.70 bits per heavy atom. The van der Waals surface area contributed by atoms with Crippen LogP contribution in [-0.4, -0.2) is 56.0 Å². The van der Waals surface area contributed by atoms with Gasteiger partial charge in [0.25, 0.3) is 0 Å². The smallest absolute Gasteiger partial charge is 0.230 e. The number of methoxy groups -OCH3 is 1. The molecule has 1 atom stereocenters. The minimum absolute atomic E-state index is 0.0202. The Morgan fingerprint density at radius 1 is 1.09 bits per heavy atom. The van der Waals surface area contributed by atoms with Crippen molar-refractivity contribution < 1.29 is 9.53 Å². The molecule has 1 amide bonds. The number of likely N-dealkylation sites (N-methyl/N-ethyl adjacent to an activating group) is 1. The summed E-state index contributed by atoms with van der Waals surface area (Å²) in [6, 6.07) is 8.12. The molecule has 3 rings (SSSR count). The number of ether oxygens (including phenoxy) is 1. The first kappa shape index (κ1) is 16.3. The Hall–Kier alpha value is -1.55. The Labute approximate surface area is 139 Å². The maximum absolute atomic E-state index is 13.2. The average molecular weight is 316 g/mol. The Balaban J connectivity index is 1.81. The van der Waals surface area contributed by atoms with Gasteiger partial charge in [0, 0.05) is 26.2 Å². The SMILES string of the molecule is COc1ccc(C(C(=O)N2CCN(C)CC2)C2CCCC2)cc1. The van der Waals surface area contributed by atoms with Gasteiger partial charge in [-0.25, -0.2) is 0 Å². The highest BCUT2D eigenvalue weighted by Gasteiger charge is 2.35. The van der Waals surface area contributed by atoms with Gasteiger partial charge in [0.1, 0.15) is 5.75 Å². The van der Waals surface area contributed by atoms with Gasteiger partial charge in [-0.2, -0.15) is 0 Å². The van der Waals surface area contributed by atoms with E-state index in [4.69, 9.17) is 4.74 Å². The maximum atomic E-state index is 13.2. The molecule has 1 unspecified atom stereocenters. The van der Waals surface area contributed by atoms with Crippen LogP contribution in [0.1, 0.15) is 37.2 Å². The van der Waals surface area contributed by atoms with Crippen LogP contribution in [0.2, 0.25) is 0 Å². The number of nitrogens with zero attached hydrogens (tertiary/aromatic N) is 2. The summed E-state index contributed by atoms with van der Waals surface area (Å²) < 4.78 is 5.26. The van der Waals surface area contributed by atoms with Crippen LogP contribution in [0.5, 0.6) is 5.75 Å². The predicted octanol–water partition coefficient (Wildman–Crippen LogP) is 2.74. The molecule has 2 aliphatic rings. The van der Waals surface area contributed by atoms with Gasteiger partial charge in [-0.1, -0.05) is 25.0 Å². The van der Waals surface area contributed by atoms with Gasteiger partial charge in [-0.15, -0.1) is 0 Å². The van der Waals surface area contributed by atoms with Gasteiger partial charge >= 0.3 is 0 Å². The van der Waals surface area contributed by atoms with Crippen molar-refractivity contribution in [1.82, 2.24) is 9.80 Å². The van der Waals surface area contributed by atoms with Crippen LogP contribution in [0.15, 0.2) is 24.3 Å². The van der Waals surface area contributed by atoms with Gasteiger partial charge in [-0.05, 0) is 43.5 Å². The molecule has 0 bridgehead atoms. The Kier molecular flexibility index (Phi) is 5.21. The van der Waals surface area contributed by atoms with Crippen molar-refractivity contribution in [2.75, 3.05) is 40.3 Å². The molecule has 0 N–H and O–H groups in total. The molecule has 0 radical (unpaired) electrons. The van der Waals surface area contributed by atoms with Crippen LogP contribution >= 0.6 is 0 Å². The first-order chi connectivity index (χ1) is 11.2. The normalized spacial score (nSPS) is 21.4. The summed E-state index contributed by atoms with van der Waals surface area (Å²) in [7, 11) is 3.80. The second-order valence-electron chi connectivity index (χ2n) is 6.92. The van der Waals surface area contributed by atoms with Gasteiger partial charge in [0.05, 0.1) is 13.0 Å². The number of hydrogen-bond acceptors (Lipinski definition) is 3. The summed E-state index contributed by atoms with van der Waals surface area (Å²) in [6.45, 7) is 3.67. The average Bonchev–Trinajstić information content (AvgIpc) is 3.10. The molecule has 1 aliphatic carbocycles. The standard InChI is InChI=1S/C19H28N2O2/c1-20-11-13-21(14-12-20)19(22)18(15-5-3-4-6-15)16-7-9-17(23-2)10-8-16/h7-10,15,18H,3-6,11-14H2,1-2H3. The molecule has 4 nitrogen and oxygen atoms in total. The zero-order valence-corrected chi connectivity index (χ0v) is 14.3. The summed E-state index contributed by atoms with van der Waals surface area (Å²) in [5.41, 5.74) is 1.15. The number of carbonyl (C=O) groups is 1. The van der Waals surface area contributed by atoms with E-state index < -0.39 is 0 Å². The molecule has 1 saturated carbocycles. The molecule has 1 aliphatic heterocycles. The molecular weight excluding hydrogens is 288 g/mol. The molecule has 0 spiro atoms. The van der Waals surface area contributed by atoms with Gasteiger partial charge in [-0.3, -0.25) is 4.79 Å². The van der Waals surface area contributed by atoms with E-state index >= 15 is 0 Å². The molecule has 1 saturated heterocycles. The number of benzene rings is 1. The van der Waals surface area contributed by atoms with E-state index in [9.17, 15) is 4.79 Å². The third-order valence-electron chi connectivity index (χ3n) is 5.43. The molecule has 0 aromatic heterocycles. The van der Waals surface area contributed by atoms with Crippen LogP contribution in [-0.2, 0) is 4.79 Å². The predicted molar refractivity (Wildman–Crippen MR) is 91.8 cm³/mol. The second-order valence-corrected chi connectivity index (χ2v) is 6.92. The van der Waals surface area contributed by atoms with Crippen molar-refractivity contribution in [3.05, 3.63) is 29.8 Å². The lowest BCUT2D eigenvalue weighted by molar-refractivity contribution is -0.135. The van der Waals surface area contributed by atoms with Crippen LogP contribution in [0.4, 0.5) is 0 Å². The lowest BCUT2D eigenvalue weighted by atomic mass is 9.83. The molecule has 23 heavy (non-hydrogen) atoms. The fraction of sp³-hybridized carbons (Fsp3) is 0.632. The van der Waals surface area contributed by atoms with Crippen molar-refractivity contribution in [1.29, 1.82) is 0 Å². The van der Waals surface area contributed by atoms with E-state index in [-0.39, 0.29) is 5.92 Å². The molecule has 4 heteroatoms. The zero-order valence-electron chi connectivity index (χ0n) is 14.3. The van der Waals surface area contributed by atoms with E-state index in [2.05, 4.69) is 29.0 Å². The number of amides is 1. The van der Waals surface area contributed by atoms with Crippen molar-refractivity contribution in [2.24, 2.45) is 5.92 Å². The Morgan fingerprint density at radius 3 is 2.26 bits per heavy atom. The molecule has 2 fully saturated rings.